The van der Waals surface area contributed by atoms with Crippen molar-refractivity contribution in [2.75, 3.05) is 0 Å². The van der Waals surface area contributed by atoms with E-state index in [1.54, 1.807) is 6.08 Å². The van der Waals surface area contributed by atoms with E-state index in [0.29, 0.717) is 6.42 Å². The second kappa shape index (κ2) is 5.70. The van der Waals surface area contributed by atoms with E-state index in [-0.39, 0.29) is 0 Å². The minimum absolute atomic E-state index is 0.415. The Balaban J connectivity index is 2.77. The van der Waals surface area contributed by atoms with Gasteiger partial charge in [0.2, 0.25) is 0 Å². The topological polar surface area (TPSA) is 49.7 Å². The summed E-state index contributed by atoms with van der Waals surface area (Å²) in [5, 5.41) is 11.3. The van der Waals surface area contributed by atoms with Gasteiger partial charge >= 0.3 is 0 Å². The first-order valence-corrected chi connectivity index (χ1v) is 4.24. The van der Waals surface area contributed by atoms with Gasteiger partial charge in [-0.1, -0.05) is 35.5 Å². The van der Waals surface area contributed by atoms with Crippen molar-refractivity contribution in [3.05, 3.63) is 41.5 Å². The molecule has 0 saturated heterocycles. The largest absolute Gasteiger partial charge is 0.411 e. The maximum Gasteiger partial charge on any atom is 0.123 e. The lowest BCUT2D eigenvalue weighted by molar-refractivity contribution is -0.107. The summed E-state index contributed by atoms with van der Waals surface area (Å²) in [6.45, 7) is 0. The van der Waals surface area contributed by atoms with Gasteiger partial charge in [0.1, 0.15) is 6.29 Å². The predicted molar refractivity (Wildman–Crippen MR) is 55.5 cm³/mol. The van der Waals surface area contributed by atoms with Crippen molar-refractivity contribution in [1.82, 2.24) is 0 Å². The number of hydrogen-bond acceptors (Lipinski definition) is 3. The molecule has 1 N–H and O–H groups in total. The molecule has 3 heteroatoms. The van der Waals surface area contributed by atoms with Crippen molar-refractivity contribution in [2.24, 2.45) is 5.16 Å². The fourth-order valence-corrected chi connectivity index (χ4v) is 1.07. The number of benzene rings is 1. The third-order valence-corrected chi connectivity index (χ3v) is 1.66. The monoisotopic (exact) mass is 189 g/mol. The zero-order valence-electron chi connectivity index (χ0n) is 7.63. The second-order valence-electron chi connectivity index (χ2n) is 2.72. The minimum atomic E-state index is 0.415. The average Bonchev–Trinajstić information content (AvgIpc) is 2.19. The van der Waals surface area contributed by atoms with Crippen LogP contribution in [0, 0.1) is 0 Å². The van der Waals surface area contributed by atoms with Gasteiger partial charge in [-0.15, -0.1) is 0 Å². The lowest BCUT2D eigenvalue weighted by atomic mass is 10.1. The molecule has 72 valence electrons. The fraction of sp³-hybridized carbons (Fsp3) is 0.0909. The number of nitrogens with zero attached hydrogens (tertiary/aromatic N) is 1. The number of aldehydes is 1. The van der Waals surface area contributed by atoms with Gasteiger partial charge in [0.05, 0.1) is 6.21 Å². The number of carbonyl (C=O) groups is 1. The lowest BCUT2D eigenvalue weighted by Crippen LogP contribution is -1.81. The molecule has 0 bridgehead atoms. The van der Waals surface area contributed by atoms with Crippen LogP contribution in [0.4, 0.5) is 0 Å². The molecular weight excluding hydrogens is 178 g/mol. The minimum Gasteiger partial charge on any atom is -0.411 e. The Bertz CT molecular complexity index is 356. The van der Waals surface area contributed by atoms with Gasteiger partial charge in [-0.2, -0.15) is 0 Å². The van der Waals surface area contributed by atoms with Crippen molar-refractivity contribution in [2.45, 2.75) is 6.42 Å². The number of rotatable bonds is 4. The number of hydrogen-bond donors (Lipinski definition) is 1. The van der Waals surface area contributed by atoms with Crippen LogP contribution in [0.3, 0.4) is 0 Å². The molecule has 0 heterocycles. The molecule has 0 aliphatic rings. The highest BCUT2D eigenvalue weighted by Gasteiger charge is 1.89. The summed E-state index contributed by atoms with van der Waals surface area (Å²) in [6, 6.07) is 7.46. The van der Waals surface area contributed by atoms with Crippen LogP contribution >= 0.6 is 0 Å². The van der Waals surface area contributed by atoms with E-state index in [0.717, 1.165) is 17.4 Å². The van der Waals surface area contributed by atoms with Gasteiger partial charge in [0.25, 0.3) is 0 Å². The highest BCUT2D eigenvalue weighted by molar-refractivity contribution is 5.80. The zero-order valence-corrected chi connectivity index (χ0v) is 7.63. The van der Waals surface area contributed by atoms with Gasteiger partial charge in [-0.25, -0.2) is 0 Å². The Kier molecular flexibility index (Phi) is 4.14. The first-order chi connectivity index (χ1) is 6.86. The van der Waals surface area contributed by atoms with Crippen LogP contribution < -0.4 is 0 Å². The van der Waals surface area contributed by atoms with E-state index in [1.807, 2.05) is 30.3 Å². The van der Waals surface area contributed by atoms with Gasteiger partial charge in [0.15, 0.2) is 0 Å². The number of allylic oxidation sites excluding steroid dienone is 1. The first kappa shape index (κ1) is 10.2. The summed E-state index contributed by atoms with van der Waals surface area (Å²) in [7, 11) is 0. The molecule has 0 atom stereocenters. The van der Waals surface area contributed by atoms with E-state index in [1.165, 1.54) is 6.21 Å². The fourth-order valence-electron chi connectivity index (χ4n) is 1.07. The highest BCUT2D eigenvalue weighted by Crippen LogP contribution is 2.05. The SMILES string of the molecule is O=CCC=Cc1cccc(C=NO)c1. The van der Waals surface area contributed by atoms with Crippen LogP contribution in [0.1, 0.15) is 17.5 Å². The standard InChI is InChI=1S/C11H11NO2/c13-7-2-1-4-10-5-3-6-11(8-10)9-12-14/h1,3-9,14H,2H2. The average molecular weight is 189 g/mol. The molecule has 0 saturated carbocycles. The first-order valence-electron chi connectivity index (χ1n) is 4.24. The molecule has 0 aliphatic carbocycles. The van der Waals surface area contributed by atoms with Gasteiger partial charge in [-0.05, 0) is 17.2 Å². The molecule has 14 heavy (non-hydrogen) atoms. The van der Waals surface area contributed by atoms with E-state index >= 15 is 0 Å². The molecule has 0 fully saturated rings. The maximum atomic E-state index is 10.1. The van der Waals surface area contributed by atoms with Crippen molar-refractivity contribution in [3.8, 4) is 0 Å². The highest BCUT2D eigenvalue weighted by atomic mass is 16.4. The van der Waals surface area contributed by atoms with Gasteiger partial charge in [0, 0.05) is 6.42 Å². The Morgan fingerprint density at radius 2 is 2.14 bits per heavy atom. The third kappa shape index (κ3) is 3.23. The van der Waals surface area contributed by atoms with Crippen LogP contribution in [0.5, 0.6) is 0 Å². The number of oxime groups is 1. The van der Waals surface area contributed by atoms with Crippen LogP contribution in [-0.4, -0.2) is 17.7 Å². The summed E-state index contributed by atoms with van der Waals surface area (Å²) in [6.07, 6.45) is 6.25. The maximum absolute atomic E-state index is 10.1. The molecule has 0 spiro atoms. The lowest BCUT2D eigenvalue weighted by Gasteiger charge is -1.94. The van der Waals surface area contributed by atoms with Crippen LogP contribution in [-0.2, 0) is 4.79 Å². The summed E-state index contributed by atoms with van der Waals surface area (Å²) in [5.74, 6) is 0. The van der Waals surface area contributed by atoms with Crippen molar-refractivity contribution < 1.29 is 10.0 Å². The number of carbonyl (C=O) groups excluding carboxylic acids is 1. The van der Waals surface area contributed by atoms with Crippen molar-refractivity contribution in [3.63, 3.8) is 0 Å². The summed E-state index contributed by atoms with van der Waals surface area (Å²) < 4.78 is 0. The predicted octanol–water partition coefficient (Wildman–Crippen LogP) is 2.10. The van der Waals surface area contributed by atoms with E-state index in [4.69, 9.17) is 5.21 Å². The molecule has 0 aromatic heterocycles. The zero-order chi connectivity index (χ0) is 10.2. The summed E-state index contributed by atoms with van der Waals surface area (Å²) >= 11 is 0. The van der Waals surface area contributed by atoms with E-state index < -0.39 is 0 Å². The smallest absolute Gasteiger partial charge is 0.123 e. The summed E-state index contributed by atoms with van der Waals surface area (Å²) in [4.78, 5) is 10.1. The van der Waals surface area contributed by atoms with Crippen LogP contribution in [0.25, 0.3) is 6.08 Å². The van der Waals surface area contributed by atoms with Crippen LogP contribution in [0.15, 0.2) is 35.5 Å². The van der Waals surface area contributed by atoms with Gasteiger partial charge < -0.3 is 10.0 Å². The molecule has 1 aromatic rings. The molecule has 0 aliphatic heterocycles. The van der Waals surface area contributed by atoms with E-state index in [9.17, 15) is 4.79 Å². The molecule has 1 rings (SSSR count). The molecule has 0 amide bonds. The Morgan fingerprint density at radius 1 is 1.36 bits per heavy atom. The third-order valence-electron chi connectivity index (χ3n) is 1.66. The summed E-state index contributed by atoms with van der Waals surface area (Å²) in [5.41, 5.74) is 1.80. The van der Waals surface area contributed by atoms with Crippen LogP contribution in [0.2, 0.25) is 0 Å². The molecule has 1 aromatic carbocycles. The Hall–Kier alpha value is -1.90. The Labute approximate surface area is 82.4 Å². The second-order valence-corrected chi connectivity index (χ2v) is 2.72. The molecule has 3 nitrogen and oxygen atoms in total. The quantitative estimate of drug-likeness (QED) is 0.341. The molecule has 0 radical (unpaired) electrons. The van der Waals surface area contributed by atoms with Crippen molar-refractivity contribution in [1.29, 1.82) is 0 Å². The Morgan fingerprint density at radius 3 is 2.86 bits per heavy atom. The normalized spacial score (nSPS) is 11.1. The molecule has 0 unspecified atom stereocenters. The van der Waals surface area contributed by atoms with E-state index in [2.05, 4.69) is 5.16 Å². The van der Waals surface area contributed by atoms with Gasteiger partial charge in [-0.3, -0.25) is 0 Å². The van der Waals surface area contributed by atoms with Crippen molar-refractivity contribution >= 4 is 18.6 Å². The molecular formula is C11H11NO2.